The second-order valence-electron chi connectivity index (χ2n) is 8.00. The van der Waals surface area contributed by atoms with Crippen molar-refractivity contribution in [1.29, 1.82) is 0 Å². The maximum atomic E-state index is 14.6. The van der Waals surface area contributed by atoms with Gasteiger partial charge in [0.1, 0.15) is 23.6 Å². The van der Waals surface area contributed by atoms with Crippen LogP contribution in [0.25, 0.3) is 0 Å². The summed E-state index contributed by atoms with van der Waals surface area (Å²) < 4.78 is 45.2. The van der Waals surface area contributed by atoms with Gasteiger partial charge in [-0.1, -0.05) is 13.3 Å². The van der Waals surface area contributed by atoms with Gasteiger partial charge in [-0.2, -0.15) is 0 Å². The van der Waals surface area contributed by atoms with E-state index in [1.165, 1.54) is 12.1 Å². The molecule has 0 spiro atoms. The molecule has 1 aliphatic rings. The molecule has 1 amide bonds. The molecule has 0 atom stereocenters. The number of piperazine rings is 1. The number of carbonyl (C=O) groups is 1. The van der Waals surface area contributed by atoms with Crippen LogP contribution in [0.2, 0.25) is 0 Å². The third-order valence-electron chi connectivity index (χ3n) is 4.38. The molecule has 0 aliphatic carbocycles. The van der Waals surface area contributed by atoms with E-state index in [-0.39, 0.29) is 18.0 Å². The van der Waals surface area contributed by atoms with E-state index in [9.17, 15) is 13.6 Å². The highest BCUT2D eigenvalue weighted by molar-refractivity contribution is 5.68. The Morgan fingerprint density at radius 1 is 1.03 bits per heavy atom. The fourth-order valence-electron chi connectivity index (χ4n) is 2.93. The molecule has 1 aromatic carbocycles. The summed E-state index contributed by atoms with van der Waals surface area (Å²) in [6.07, 6.45) is 1.60. The molecule has 0 bridgehead atoms. The predicted molar refractivity (Wildman–Crippen MR) is 108 cm³/mol. The second kappa shape index (κ2) is 10.6. The third-order valence-corrected chi connectivity index (χ3v) is 4.38. The monoisotopic (exact) mass is 414 g/mol. The van der Waals surface area contributed by atoms with Crippen LogP contribution in [0.15, 0.2) is 12.1 Å². The number of hydrogen-bond donors (Lipinski definition) is 0. The molecule has 1 aromatic rings. The van der Waals surface area contributed by atoms with Crippen molar-refractivity contribution < 1.29 is 27.8 Å². The van der Waals surface area contributed by atoms with Crippen LogP contribution in [0, 0.1) is 11.6 Å². The molecule has 1 heterocycles. The Balaban J connectivity index is 1.89. The molecule has 0 unspecified atom stereocenters. The summed E-state index contributed by atoms with van der Waals surface area (Å²) in [5.41, 5.74) is -0.677. The standard InChI is InChI=1S/C21H32F2N2O4/c1-5-6-11-27-12-13-28-16-14-17(22)19(18(23)15-16)24-7-9-25(10-8-24)20(26)29-21(2,3)4/h14-15H,5-13H2,1-4H3. The predicted octanol–water partition coefficient (Wildman–Crippen LogP) is 4.22. The van der Waals surface area contributed by atoms with Crippen LogP contribution < -0.4 is 9.64 Å². The highest BCUT2D eigenvalue weighted by Gasteiger charge is 2.28. The molecule has 8 heteroatoms. The highest BCUT2D eigenvalue weighted by Crippen LogP contribution is 2.29. The van der Waals surface area contributed by atoms with E-state index in [4.69, 9.17) is 14.2 Å². The molecule has 6 nitrogen and oxygen atoms in total. The minimum absolute atomic E-state index is 0.0969. The van der Waals surface area contributed by atoms with Crippen molar-refractivity contribution in [1.82, 2.24) is 4.90 Å². The normalized spacial score (nSPS) is 14.8. The Kier molecular flexibility index (Phi) is 8.49. The first-order valence-corrected chi connectivity index (χ1v) is 10.1. The van der Waals surface area contributed by atoms with Crippen LogP contribution in [-0.2, 0) is 9.47 Å². The molecular formula is C21H32F2N2O4. The van der Waals surface area contributed by atoms with Crippen molar-refractivity contribution in [2.45, 2.75) is 46.1 Å². The van der Waals surface area contributed by atoms with Gasteiger partial charge in [-0.3, -0.25) is 0 Å². The topological polar surface area (TPSA) is 51.2 Å². The molecule has 0 N–H and O–H groups in total. The van der Waals surface area contributed by atoms with Crippen LogP contribution in [-0.4, -0.2) is 62.6 Å². The Bertz CT molecular complexity index is 648. The minimum Gasteiger partial charge on any atom is -0.491 e. The molecule has 164 valence electrons. The van der Waals surface area contributed by atoms with Crippen molar-refractivity contribution in [2.24, 2.45) is 0 Å². The van der Waals surface area contributed by atoms with Crippen molar-refractivity contribution in [2.75, 3.05) is 50.9 Å². The summed E-state index contributed by atoms with van der Waals surface area (Å²) in [4.78, 5) is 15.3. The molecule has 29 heavy (non-hydrogen) atoms. The fraction of sp³-hybridized carbons (Fsp3) is 0.667. The zero-order chi connectivity index (χ0) is 21.4. The van der Waals surface area contributed by atoms with Crippen molar-refractivity contribution >= 4 is 11.8 Å². The lowest BCUT2D eigenvalue weighted by Crippen LogP contribution is -2.50. The summed E-state index contributed by atoms with van der Waals surface area (Å²) in [6.45, 7) is 10.0. The molecule has 1 fully saturated rings. The van der Waals surface area contributed by atoms with E-state index in [1.807, 2.05) is 0 Å². The number of halogens is 2. The van der Waals surface area contributed by atoms with Gasteiger partial charge < -0.3 is 24.0 Å². The van der Waals surface area contributed by atoms with E-state index in [0.717, 1.165) is 12.8 Å². The molecule has 1 aliphatic heterocycles. The van der Waals surface area contributed by atoms with Gasteiger partial charge in [-0.05, 0) is 27.2 Å². The van der Waals surface area contributed by atoms with Gasteiger partial charge in [0.15, 0.2) is 11.6 Å². The quantitative estimate of drug-likeness (QED) is 0.596. The number of nitrogens with zero attached hydrogens (tertiary/aromatic N) is 2. The first-order valence-electron chi connectivity index (χ1n) is 10.1. The Morgan fingerprint density at radius 3 is 2.21 bits per heavy atom. The van der Waals surface area contributed by atoms with Gasteiger partial charge in [0.2, 0.25) is 0 Å². The second-order valence-corrected chi connectivity index (χ2v) is 8.00. The van der Waals surface area contributed by atoms with E-state index >= 15 is 0 Å². The molecule has 0 radical (unpaired) electrons. The lowest BCUT2D eigenvalue weighted by Gasteiger charge is -2.37. The van der Waals surface area contributed by atoms with Crippen LogP contribution in [0.1, 0.15) is 40.5 Å². The van der Waals surface area contributed by atoms with Gasteiger partial charge in [0, 0.05) is 44.9 Å². The molecule has 2 rings (SSSR count). The van der Waals surface area contributed by atoms with Gasteiger partial charge >= 0.3 is 6.09 Å². The van der Waals surface area contributed by atoms with Gasteiger partial charge in [-0.15, -0.1) is 0 Å². The molecule has 0 aromatic heterocycles. The zero-order valence-corrected chi connectivity index (χ0v) is 17.8. The summed E-state index contributed by atoms with van der Waals surface area (Å²) >= 11 is 0. The van der Waals surface area contributed by atoms with E-state index in [0.29, 0.717) is 39.4 Å². The fourth-order valence-corrected chi connectivity index (χ4v) is 2.93. The highest BCUT2D eigenvalue weighted by atomic mass is 19.1. The number of hydrogen-bond acceptors (Lipinski definition) is 5. The summed E-state index contributed by atoms with van der Waals surface area (Å²) in [6, 6.07) is 2.37. The average molecular weight is 414 g/mol. The lowest BCUT2D eigenvalue weighted by molar-refractivity contribution is 0.0240. The zero-order valence-electron chi connectivity index (χ0n) is 17.8. The number of anilines is 1. The summed E-state index contributed by atoms with van der Waals surface area (Å²) in [7, 11) is 0. The Labute approximate surface area is 171 Å². The number of amides is 1. The Hall–Kier alpha value is -2.09. The van der Waals surface area contributed by atoms with Crippen LogP contribution in [0.4, 0.5) is 19.3 Å². The van der Waals surface area contributed by atoms with Gasteiger partial charge in [-0.25, -0.2) is 13.6 Å². The number of carbonyl (C=O) groups excluding carboxylic acids is 1. The Morgan fingerprint density at radius 2 is 1.66 bits per heavy atom. The molecular weight excluding hydrogens is 382 g/mol. The maximum absolute atomic E-state index is 14.6. The van der Waals surface area contributed by atoms with Gasteiger partial charge in [0.25, 0.3) is 0 Å². The number of rotatable bonds is 8. The smallest absolute Gasteiger partial charge is 0.410 e. The van der Waals surface area contributed by atoms with Crippen LogP contribution in [0.3, 0.4) is 0 Å². The molecule has 0 saturated carbocycles. The SMILES string of the molecule is CCCCOCCOc1cc(F)c(N2CCN(C(=O)OC(C)(C)C)CC2)c(F)c1. The van der Waals surface area contributed by atoms with Crippen molar-refractivity contribution in [3.8, 4) is 5.75 Å². The van der Waals surface area contributed by atoms with Gasteiger partial charge in [0.05, 0.1) is 6.61 Å². The summed E-state index contributed by atoms with van der Waals surface area (Å²) in [5.74, 6) is -1.23. The number of ether oxygens (including phenoxy) is 3. The summed E-state index contributed by atoms with van der Waals surface area (Å²) in [5, 5.41) is 0. The lowest BCUT2D eigenvalue weighted by atomic mass is 10.2. The van der Waals surface area contributed by atoms with Crippen LogP contribution >= 0.6 is 0 Å². The van der Waals surface area contributed by atoms with Crippen molar-refractivity contribution in [3.05, 3.63) is 23.8 Å². The van der Waals surface area contributed by atoms with E-state index in [2.05, 4.69) is 6.92 Å². The number of benzene rings is 1. The van der Waals surface area contributed by atoms with Crippen LogP contribution in [0.5, 0.6) is 5.75 Å². The largest absolute Gasteiger partial charge is 0.491 e. The minimum atomic E-state index is -0.683. The first-order chi connectivity index (χ1) is 13.7. The van der Waals surface area contributed by atoms with E-state index < -0.39 is 23.3 Å². The average Bonchev–Trinajstić information content (AvgIpc) is 2.63. The van der Waals surface area contributed by atoms with Crippen molar-refractivity contribution in [3.63, 3.8) is 0 Å². The first kappa shape index (κ1) is 23.2. The number of unbranched alkanes of at least 4 members (excludes halogenated alkanes) is 1. The molecule has 1 saturated heterocycles. The van der Waals surface area contributed by atoms with E-state index in [1.54, 1.807) is 30.6 Å². The third kappa shape index (κ3) is 7.34. The maximum Gasteiger partial charge on any atom is 0.410 e.